The fourth-order valence-electron chi connectivity index (χ4n) is 1.42. The Bertz CT molecular complexity index is 332. The molecule has 1 aromatic carbocycles. The summed E-state index contributed by atoms with van der Waals surface area (Å²) in [7, 11) is 0. The lowest BCUT2D eigenvalue weighted by Gasteiger charge is -2.12. The number of ether oxygens (including phenoxy) is 1. The highest BCUT2D eigenvalue weighted by molar-refractivity contribution is 5.23. The van der Waals surface area contributed by atoms with Gasteiger partial charge in [0.1, 0.15) is 17.7 Å². The van der Waals surface area contributed by atoms with E-state index >= 15 is 0 Å². The molecule has 1 aliphatic carbocycles. The summed E-state index contributed by atoms with van der Waals surface area (Å²) in [6.45, 7) is 0. The fraction of sp³-hybridized carbons (Fsp3) is 0.273. The highest BCUT2D eigenvalue weighted by Gasteiger charge is 2.17. The average molecular weight is 194 g/mol. The topological polar surface area (TPSA) is 29.5 Å². The second-order valence-corrected chi connectivity index (χ2v) is 3.30. The van der Waals surface area contributed by atoms with Crippen LogP contribution >= 0.6 is 0 Å². The summed E-state index contributed by atoms with van der Waals surface area (Å²) >= 11 is 0. The van der Waals surface area contributed by atoms with Crippen LogP contribution in [0.4, 0.5) is 4.39 Å². The van der Waals surface area contributed by atoms with Crippen LogP contribution in [0.5, 0.6) is 5.75 Å². The average Bonchev–Trinajstić information content (AvgIpc) is 2.56. The van der Waals surface area contributed by atoms with Crippen LogP contribution in [-0.4, -0.2) is 17.3 Å². The molecule has 74 valence electrons. The summed E-state index contributed by atoms with van der Waals surface area (Å²) in [5.74, 6) is 0.342. The van der Waals surface area contributed by atoms with E-state index in [9.17, 15) is 9.50 Å². The van der Waals surface area contributed by atoms with Gasteiger partial charge in [0.05, 0.1) is 6.10 Å². The van der Waals surface area contributed by atoms with E-state index in [1.54, 1.807) is 18.2 Å². The van der Waals surface area contributed by atoms with Crippen LogP contribution in [0.2, 0.25) is 0 Å². The third-order valence-corrected chi connectivity index (χ3v) is 2.12. The molecule has 0 aliphatic heterocycles. The van der Waals surface area contributed by atoms with Gasteiger partial charge in [-0.15, -0.1) is 0 Å². The van der Waals surface area contributed by atoms with Gasteiger partial charge in [-0.3, -0.25) is 0 Å². The van der Waals surface area contributed by atoms with Crippen molar-refractivity contribution in [2.24, 2.45) is 0 Å². The lowest BCUT2D eigenvalue weighted by atomic mass is 10.2. The molecule has 1 aromatic rings. The van der Waals surface area contributed by atoms with Crippen LogP contribution < -0.4 is 4.74 Å². The Balaban J connectivity index is 1.98. The van der Waals surface area contributed by atoms with Crippen LogP contribution in [0, 0.1) is 5.82 Å². The van der Waals surface area contributed by atoms with Gasteiger partial charge in [0.15, 0.2) is 0 Å². The van der Waals surface area contributed by atoms with Gasteiger partial charge >= 0.3 is 0 Å². The molecule has 0 heterocycles. The van der Waals surface area contributed by atoms with Gasteiger partial charge in [-0.1, -0.05) is 6.08 Å². The van der Waals surface area contributed by atoms with Gasteiger partial charge < -0.3 is 9.84 Å². The molecule has 2 atom stereocenters. The zero-order valence-corrected chi connectivity index (χ0v) is 7.56. The van der Waals surface area contributed by atoms with Crippen molar-refractivity contribution >= 4 is 0 Å². The molecular formula is C11H11FO2. The number of halogens is 1. The summed E-state index contributed by atoms with van der Waals surface area (Å²) < 4.78 is 18.0. The highest BCUT2D eigenvalue weighted by atomic mass is 19.1. The zero-order valence-electron chi connectivity index (χ0n) is 7.56. The summed E-state index contributed by atoms with van der Waals surface area (Å²) in [5, 5.41) is 9.19. The number of benzene rings is 1. The second kappa shape index (κ2) is 3.80. The van der Waals surface area contributed by atoms with Gasteiger partial charge in [-0.25, -0.2) is 4.39 Å². The quantitative estimate of drug-likeness (QED) is 0.728. The Hall–Kier alpha value is -1.35. The maximum atomic E-state index is 12.6. The first-order valence-corrected chi connectivity index (χ1v) is 4.52. The number of aliphatic hydroxyl groups excluding tert-OH is 1. The molecule has 0 spiro atoms. The molecule has 2 rings (SSSR count). The molecule has 0 aromatic heterocycles. The van der Waals surface area contributed by atoms with Gasteiger partial charge in [-0.05, 0) is 30.3 Å². The standard InChI is InChI=1S/C11H11FO2/c12-8-1-4-10(5-2-8)14-11-6-3-9(13)7-11/h1-6,9,11,13H,7H2/t9-,11-/m1/s1. The highest BCUT2D eigenvalue weighted by Crippen LogP contribution is 2.19. The monoisotopic (exact) mass is 194 g/mol. The Labute approximate surface area is 81.6 Å². The summed E-state index contributed by atoms with van der Waals surface area (Å²) in [6.07, 6.45) is 3.57. The number of hydrogen-bond donors (Lipinski definition) is 1. The lowest BCUT2D eigenvalue weighted by Crippen LogP contribution is -2.13. The molecule has 14 heavy (non-hydrogen) atoms. The first kappa shape index (κ1) is 9.21. The molecule has 3 heteroatoms. The van der Waals surface area contributed by atoms with Crippen LogP contribution in [0.1, 0.15) is 6.42 Å². The van der Waals surface area contributed by atoms with E-state index in [2.05, 4.69) is 0 Å². The minimum atomic E-state index is -0.416. The molecule has 1 aliphatic rings. The van der Waals surface area contributed by atoms with Crippen LogP contribution in [0.3, 0.4) is 0 Å². The molecule has 1 N–H and O–H groups in total. The SMILES string of the molecule is O[C@@H]1C=C[C@@H](Oc2ccc(F)cc2)C1. The van der Waals surface area contributed by atoms with E-state index in [0.29, 0.717) is 12.2 Å². The van der Waals surface area contributed by atoms with Gasteiger partial charge in [-0.2, -0.15) is 0 Å². The van der Waals surface area contributed by atoms with Crippen molar-refractivity contribution in [3.63, 3.8) is 0 Å². The van der Waals surface area contributed by atoms with Crippen molar-refractivity contribution in [1.82, 2.24) is 0 Å². The maximum Gasteiger partial charge on any atom is 0.123 e. The molecule has 0 bridgehead atoms. The lowest BCUT2D eigenvalue weighted by molar-refractivity contribution is 0.165. The number of hydrogen-bond acceptors (Lipinski definition) is 2. The maximum absolute atomic E-state index is 12.6. The van der Waals surface area contributed by atoms with E-state index in [4.69, 9.17) is 4.74 Å². The molecule has 0 saturated heterocycles. The first-order valence-electron chi connectivity index (χ1n) is 4.52. The minimum Gasteiger partial charge on any atom is -0.486 e. The molecular weight excluding hydrogens is 183 g/mol. The van der Waals surface area contributed by atoms with Gasteiger partial charge in [0.2, 0.25) is 0 Å². The van der Waals surface area contributed by atoms with Crippen molar-refractivity contribution in [2.75, 3.05) is 0 Å². The summed E-state index contributed by atoms with van der Waals surface area (Å²) in [4.78, 5) is 0. The van der Waals surface area contributed by atoms with Crippen LogP contribution in [0.25, 0.3) is 0 Å². The molecule has 0 radical (unpaired) electrons. The zero-order chi connectivity index (χ0) is 9.97. The third-order valence-electron chi connectivity index (χ3n) is 2.12. The molecule has 0 amide bonds. The second-order valence-electron chi connectivity index (χ2n) is 3.30. The summed E-state index contributed by atoms with van der Waals surface area (Å²) in [6, 6.07) is 5.86. The Morgan fingerprint density at radius 3 is 2.50 bits per heavy atom. The van der Waals surface area contributed by atoms with E-state index in [1.807, 2.05) is 6.08 Å². The van der Waals surface area contributed by atoms with Crippen molar-refractivity contribution in [3.05, 3.63) is 42.2 Å². The Kier molecular flexibility index (Phi) is 2.50. The van der Waals surface area contributed by atoms with Crippen molar-refractivity contribution in [2.45, 2.75) is 18.6 Å². The minimum absolute atomic E-state index is 0.101. The Morgan fingerprint density at radius 2 is 1.93 bits per heavy atom. The van der Waals surface area contributed by atoms with E-state index < -0.39 is 6.10 Å². The summed E-state index contributed by atoms with van der Waals surface area (Å²) in [5.41, 5.74) is 0. The molecule has 0 fully saturated rings. The Morgan fingerprint density at radius 1 is 1.21 bits per heavy atom. The van der Waals surface area contributed by atoms with E-state index in [1.165, 1.54) is 12.1 Å². The van der Waals surface area contributed by atoms with Gasteiger partial charge in [0, 0.05) is 6.42 Å². The smallest absolute Gasteiger partial charge is 0.123 e. The van der Waals surface area contributed by atoms with E-state index in [-0.39, 0.29) is 11.9 Å². The van der Waals surface area contributed by atoms with Gasteiger partial charge in [0.25, 0.3) is 0 Å². The van der Waals surface area contributed by atoms with Crippen molar-refractivity contribution < 1.29 is 14.2 Å². The van der Waals surface area contributed by atoms with Crippen molar-refractivity contribution in [1.29, 1.82) is 0 Å². The largest absolute Gasteiger partial charge is 0.486 e. The molecule has 0 saturated carbocycles. The predicted molar refractivity (Wildman–Crippen MR) is 50.6 cm³/mol. The van der Waals surface area contributed by atoms with Crippen molar-refractivity contribution in [3.8, 4) is 5.75 Å². The van der Waals surface area contributed by atoms with Crippen LogP contribution in [0.15, 0.2) is 36.4 Å². The molecule has 2 nitrogen and oxygen atoms in total. The number of rotatable bonds is 2. The van der Waals surface area contributed by atoms with Crippen LogP contribution in [-0.2, 0) is 0 Å². The normalized spacial score (nSPS) is 25.3. The van der Waals surface area contributed by atoms with E-state index in [0.717, 1.165) is 0 Å². The molecule has 0 unspecified atom stereocenters. The number of aliphatic hydroxyl groups is 1. The first-order chi connectivity index (χ1) is 6.74. The predicted octanol–water partition coefficient (Wildman–Crippen LogP) is 1.89. The fourth-order valence-corrected chi connectivity index (χ4v) is 1.42. The third kappa shape index (κ3) is 2.12.